The van der Waals surface area contributed by atoms with Gasteiger partial charge in [0.2, 0.25) is 22.8 Å². The summed E-state index contributed by atoms with van der Waals surface area (Å²) >= 11 is 1.36. The number of amides is 1. The summed E-state index contributed by atoms with van der Waals surface area (Å²) in [6, 6.07) is 9.78. The standard InChI is InChI=1S/C18H20N6O2S/c1-12-19-18(22-21-12)27-11-15(25)24-9-7-14(8-10-24)17-20-16(23-26-17)13-5-3-2-4-6-13/h2-6,14H,7-11H2,1H3,(H,19,21,22). The molecule has 0 saturated carbocycles. The number of nitrogens with zero attached hydrogens (tertiary/aromatic N) is 5. The highest BCUT2D eigenvalue weighted by Crippen LogP contribution is 2.29. The van der Waals surface area contributed by atoms with Crippen LogP contribution in [0.5, 0.6) is 0 Å². The lowest BCUT2D eigenvalue weighted by Crippen LogP contribution is -2.39. The number of likely N-dealkylation sites (tertiary alicyclic amines) is 1. The number of benzene rings is 1. The zero-order chi connectivity index (χ0) is 18.6. The van der Waals surface area contributed by atoms with E-state index in [0.717, 1.165) is 24.2 Å². The first-order valence-electron chi connectivity index (χ1n) is 8.87. The van der Waals surface area contributed by atoms with Gasteiger partial charge < -0.3 is 9.42 Å². The second kappa shape index (κ2) is 7.91. The summed E-state index contributed by atoms with van der Waals surface area (Å²) in [5.41, 5.74) is 0.944. The summed E-state index contributed by atoms with van der Waals surface area (Å²) in [6.45, 7) is 3.23. The number of aromatic amines is 1. The van der Waals surface area contributed by atoms with Crippen LogP contribution in [0.4, 0.5) is 0 Å². The molecule has 0 bridgehead atoms. The van der Waals surface area contributed by atoms with Crippen LogP contribution in [0.3, 0.4) is 0 Å². The second-order valence-electron chi connectivity index (χ2n) is 6.47. The number of piperidine rings is 1. The minimum absolute atomic E-state index is 0.108. The molecule has 0 radical (unpaired) electrons. The van der Waals surface area contributed by atoms with Crippen LogP contribution in [0.2, 0.25) is 0 Å². The van der Waals surface area contributed by atoms with Gasteiger partial charge in [-0.25, -0.2) is 4.98 Å². The smallest absolute Gasteiger partial charge is 0.233 e. The molecule has 0 unspecified atom stereocenters. The van der Waals surface area contributed by atoms with Gasteiger partial charge in [-0.2, -0.15) is 4.98 Å². The Balaban J connectivity index is 1.30. The zero-order valence-corrected chi connectivity index (χ0v) is 15.8. The average molecular weight is 384 g/mol. The maximum atomic E-state index is 12.4. The fourth-order valence-corrected chi connectivity index (χ4v) is 3.83. The number of rotatable bonds is 5. The van der Waals surface area contributed by atoms with E-state index in [9.17, 15) is 4.79 Å². The van der Waals surface area contributed by atoms with Crippen LogP contribution in [0.1, 0.15) is 30.5 Å². The lowest BCUT2D eigenvalue weighted by Gasteiger charge is -2.30. The number of carbonyl (C=O) groups excluding carboxylic acids is 1. The molecule has 2 aromatic heterocycles. The normalized spacial score (nSPS) is 15.2. The van der Waals surface area contributed by atoms with Gasteiger partial charge >= 0.3 is 0 Å². The molecule has 4 rings (SSSR count). The number of carbonyl (C=O) groups is 1. The lowest BCUT2D eigenvalue weighted by atomic mass is 9.97. The molecular formula is C18H20N6O2S. The highest BCUT2D eigenvalue weighted by Gasteiger charge is 2.27. The first-order chi connectivity index (χ1) is 13.2. The molecule has 1 saturated heterocycles. The summed E-state index contributed by atoms with van der Waals surface area (Å²) in [5, 5.41) is 11.5. The van der Waals surface area contributed by atoms with Gasteiger partial charge in [-0.1, -0.05) is 47.3 Å². The number of aryl methyl sites for hydroxylation is 1. The van der Waals surface area contributed by atoms with Crippen molar-refractivity contribution in [2.45, 2.75) is 30.8 Å². The number of H-pyrrole nitrogens is 1. The number of thioether (sulfide) groups is 1. The van der Waals surface area contributed by atoms with E-state index < -0.39 is 0 Å². The molecule has 0 spiro atoms. The largest absolute Gasteiger partial charge is 0.342 e. The fraction of sp³-hybridized carbons (Fsp3) is 0.389. The van der Waals surface area contributed by atoms with Crippen LogP contribution >= 0.6 is 11.8 Å². The predicted molar refractivity (Wildman–Crippen MR) is 100 cm³/mol. The van der Waals surface area contributed by atoms with Gasteiger partial charge in [0.1, 0.15) is 5.82 Å². The van der Waals surface area contributed by atoms with Gasteiger partial charge in [-0.05, 0) is 19.8 Å². The van der Waals surface area contributed by atoms with Gasteiger partial charge in [0, 0.05) is 24.6 Å². The molecule has 0 aliphatic carbocycles. The van der Waals surface area contributed by atoms with E-state index in [1.807, 2.05) is 42.2 Å². The first-order valence-corrected chi connectivity index (χ1v) is 9.86. The van der Waals surface area contributed by atoms with Crippen molar-refractivity contribution >= 4 is 17.7 Å². The maximum Gasteiger partial charge on any atom is 0.233 e. The zero-order valence-electron chi connectivity index (χ0n) is 15.0. The van der Waals surface area contributed by atoms with Crippen LogP contribution in [-0.2, 0) is 4.79 Å². The maximum absolute atomic E-state index is 12.4. The molecule has 3 aromatic rings. The number of aromatic nitrogens is 5. The van der Waals surface area contributed by atoms with E-state index in [4.69, 9.17) is 4.52 Å². The topological polar surface area (TPSA) is 101 Å². The van der Waals surface area contributed by atoms with Crippen molar-refractivity contribution in [3.05, 3.63) is 42.0 Å². The highest BCUT2D eigenvalue weighted by atomic mass is 32.2. The molecule has 9 heteroatoms. The van der Waals surface area contributed by atoms with Crippen LogP contribution in [-0.4, -0.2) is 55.0 Å². The van der Waals surface area contributed by atoms with E-state index >= 15 is 0 Å². The second-order valence-corrected chi connectivity index (χ2v) is 7.41. The monoisotopic (exact) mass is 384 g/mol. The third-order valence-corrected chi connectivity index (χ3v) is 5.40. The van der Waals surface area contributed by atoms with Gasteiger partial charge in [-0.3, -0.25) is 9.89 Å². The third-order valence-electron chi connectivity index (χ3n) is 4.57. The Kier molecular flexibility index (Phi) is 5.19. The molecular weight excluding hydrogens is 364 g/mol. The molecule has 27 heavy (non-hydrogen) atoms. The average Bonchev–Trinajstić information content (AvgIpc) is 3.36. The van der Waals surface area contributed by atoms with Crippen molar-refractivity contribution in [3.8, 4) is 11.4 Å². The van der Waals surface area contributed by atoms with Crippen molar-refractivity contribution in [2.24, 2.45) is 0 Å². The molecule has 1 N–H and O–H groups in total. The Morgan fingerprint density at radius 3 is 2.74 bits per heavy atom. The molecule has 1 aliphatic heterocycles. The Hall–Kier alpha value is -2.68. The molecule has 0 atom stereocenters. The van der Waals surface area contributed by atoms with Crippen LogP contribution in [0, 0.1) is 6.92 Å². The molecule has 1 aromatic carbocycles. The van der Waals surface area contributed by atoms with Crippen molar-refractivity contribution in [3.63, 3.8) is 0 Å². The summed E-state index contributed by atoms with van der Waals surface area (Å²) in [5.74, 6) is 2.67. The van der Waals surface area contributed by atoms with Crippen molar-refractivity contribution in [1.29, 1.82) is 0 Å². The summed E-state index contributed by atoms with van der Waals surface area (Å²) in [6.07, 6.45) is 1.65. The van der Waals surface area contributed by atoms with Crippen LogP contribution in [0.25, 0.3) is 11.4 Å². The van der Waals surface area contributed by atoms with Crippen molar-refractivity contribution in [1.82, 2.24) is 30.2 Å². The van der Waals surface area contributed by atoms with Crippen molar-refractivity contribution < 1.29 is 9.32 Å². The van der Waals surface area contributed by atoms with Crippen molar-refractivity contribution in [2.75, 3.05) is 18.8 Å². The predicted octanol–water partition coefficient (Wildman–Crippen LogP) is 2.66. The van der Waals surface area contributed by atoms with E-state index in [0.29, 0.717) is 35.7 Å². The Morgan fingerprint density at radius 2 is 2.04 bits per heavy atom. The summed E-state index contributed by atoms with van der Waals surface area (Å²) in [4.78, 5) is 23.0. The Labute approximate surface area is 160 Å². The van der Waals surface area contributed by atoms with Gasteiger partial charge in [0.05, 0.1) is 5.75 Å². The van der Waals surface area contributed by atoms with Gasteiger partial charge in [-0.15, -0.1) is 5.10 Å². The third kappa shape index (κ3) is 4.19. The molecule has 3 heterocycles. The SMILES string of the molecule is Cc1nc(SCC(=O)N2CCC(c3nc(-c4ccccc4)no3)CC2)n[nH]1. The number of nitrogens with one attached hydrogen (secondary N) is 1. The van der Waals surface area contributed by atoms with E-state index in [-0.39, 0.29) is 11.8 Å². The van der Waals surface area contributed by atoms with Crippen LogP contribution in [0.15, 0.2) is 40.0 Å². The molecule has 8 nitrogen and oxygen atoms in total. The van der Waals surface area contributed by atoms with E-state index in [2.05, 4.69) is 25.3 Å². The van der Waals surface area contributed by atoms with E-state index in [1.54, 1.807) is 0 Å². The Morgan fingerprint density at radius 1 is 1.26 bits per heavy atom. The molecule has 1 aliphatic rings. The number of hydrogen-bond acceptors (Lipinski definition) is 7. The summed E-state index contributed by atoms with van der Waals surface area (Å²) in [7, 11) is 0. The molecule has 1 fully saturated rings. The van der Waals surface area contributed by atoms with Gasteiger partial charge in [0.15, 0.2) is 0 Å². The highest BCUT2D eigenvalue weighted by molar-refractivity contribution is 7.99. The quantitative estimate of drug-likeness (QED) is 0.675. The fourth-order valence-electron chi connectivity index (χ4n) is 3.09. The molecule has 140 valence electrons. The van der Waals surface area contributed by atoms with E-state index in [1.165, 1.54) is 11.8 Å². The summed E-state index contributed by atoms with van der Waals surface area (Å²) < 4.78 is 5.47. The first kappa shape index (κ1) is 17.7. The lowest BCUT2D eigenvalue weighted by molar-refractivity contribution is -0.129. The molecule has 1 amide bonds. The minimum atomic E-state index is 0.108. The van der Waals surface area contributed by atoms with Crippen LogP contribution < -0.4 is 0 Å². The minimum Gasteiger partial charge on any atom is -0.342 e. The van der Waals surface area contributed by atoms with Gasteiger partial charge in [0.25, 0.3) is 0 Å². The number of hydrogen-bond donors (Lipinski definition) is 1. The Bertz CT molecular complexity index is 901.